The Morgan fingerprint density at radius 3 is 0.978 bits per heavy atom. The Balaban J connectivity index is 0.000000108. The quantitative estimate of drug-likeness (QED) is 0.0759. The second kappa shape index (κ2) is 39.0. The lowest BCUT2D eigenvalue weighted by atomic mass is 10.1. The maximum atomic E-state index is 13.8. The lowest BCUT2D eigenvalue weighted by molar-refractivity contribution is 0.411. The molecule has 35 heteroatoms. The SMILES string of the molecule is COc1cc(F)cc(-c2cc(=O)n3cc(N4CCNCC4)ccc3n2)c1.COc1cc(F)cc(-c2cc(=O)n3cc(N4CCN[C@@H](C)C4)ccc3n2)c1.C[C@H]1CN(c2ccc3nc(-c4ccc5nn(C)cc5c4)cc(=O)n3c2)CCN1.Cc1nc2cc(-c3cc(=O)n4cc(N5CCNCC5)ccc4n3)ccc2s1.Cn1cc2cc(-c3cc(=O)n4cc(N5CCNCC5)ccc4n3)ccc2n1. The molecule has 23 rings (SSSR count). The Hall–Kier alpha value is -15.0. The van der Waals surface area contributed by atoms with E-state index in [1.807, 2.05) is 180 Å². The molecule has 0 spiro atoms. The number of nitrogens with one attached hydrogen (secondary N) is 5. The van der Waals surface area contributed by atoms with Crippen LogP contribution in [-0.2, 0) is 14.1 Å². The number of rotatable bonds is 12. The lowest BCUT2D eigenvalue weighted by Gasteiger charge is -2.33. The van der Waals surface area contributed by atoms with Crippen molar-refractivity contribution in [3.8, 4) is 67.8 Å². The van der Waals surface area contributed by atoms with Crippen LogP contribution in [0.15, 0.2) is 249 Å². The van der Waals surface area contributed by atoms with E-state index in [0.717, 1.165) is 200 Å². The van der Waals surface area contributed by atoms with E-state index in [1.54, 1.807) is 64.2 Å². The number of pyridine rings is 5. The van der Waals surface area contributed by atoms with Gasteiger partial charge in [-0.25, -0.2) is 38.7 Å². The van der Waals surface area contributed by atoms with Gasteiger partial charge in [-0.3, -0.25) is 55.3 Å². The van der Waals surface area contributed by atoms with E-state index in [4.69, 9.17) is 24.4 Å². The summed E-state index contributed by atoms with van der Waals surface area (Å²) in [5, 5.41) is 28.7. The van der Waals surface area contributed by atoms with E-state index >= 15 is 0 Å². The summed E-state index contributed by atoms with van der Waals surface area (Å²) < 4.78 is 50.4. The summed E-state index contributed by atoms with van der Waals surface area (Å²) in [7, 11) is 6.74. The van der Waals surface area contributed by atoms with Gasteiger partial charge in [0.25, 0.3) is 27.8 Å². The normalized spacial score (nSPS) is 15.9. The van der Waals surface area contributed by atoms with Gasteiger partial charge in [0.15, 0.2) is 0 Å². The highest BCUT2D eigenvalue weighted by Gasteiger charge is 2.23. The first kappa shape index (κ1) is 89.2. The van der Waals surface area contributed by atoms with Crippen LogP contribution in [0.1, 0.15) is 18.9 Å². The molecule has 0 aliphatic carbocycles. The van der Waals surface area contributed by atoms with E-state index in [1.165, 1.54) is 59.4 Å². The van der Waals surface area contributed by atoms with Crippen molar-refractivity contribution in [2.75, 3.05) is 157 Å². The molecule has 0 radical (unpaired) electrons. The number of hydrogen-bond donors (Lipinski definition) is 5. The van der Waals surface area contributed by atoms with Crippen LogP contribution in [0, 0.1) is 18.6 Å². The van der Waals surface area contributed by atoms with E-state index in [2.05, 4.69) is 90.1 Å². The summed E-state index contributed by atoms with van der Waals surface area (Å²) in [6, 6.07) is 54.5. The standard InChI is InChI=1S/C21H22N6O.C20H21FN4O2.C20H20N6O.C20H19N5OS.C19H19FN4O2/c1-14-11-26(8-7-22-14)17-4-6-20-23-19(10-21(28)27(20)13-17)15-3-5-18-16(9-15)12-25(2)24-18;1-13-11-24(6-5-22-13)16-3-4-19-23-18(10-20(26)25(19)12-16)14-7-15(21)9-17(8-14)27-2;1-24-12-15-10-14(2-4-17(15)23-24)18-11-20(27)26-13-16(3-5-19(26)22-18)25-8-6-21-7-9-25;1-13-22-17-10-14(2-4-18(17)27-13)16-11-20(26)25-12-15(3-5-19(25)23-16)24-8-6-21-7-9-24;1-26-16-9-13(8-14(20)10-16)17-11-19(25)24-12-15(2-3-18(24)22-17)23-6-4-21-5-7-23/h3-6,9-10,12-14,22H,7-8,11H2,1-2H3;3-4,7-10,12-13,22H,5-6,11H2,1-2H3;2-5,10-13,21H,6-9H2,1H3;2-5,10-12,21H,6-9H2,1H3;2-3,8-12,21H,4-7H2,1H3/t14-;13-;;;/m00.../s1. The number of halogens is 2. The first-order chi connectivity index (χ1) is 65.6. The van der Waals surface area contributed by atoms with Gasteiger partial charge in [-0.2, -0.15) is 10.2 Å². The Morgan fingerprint density at radius 2 is 0.644 bits per heavy atom. The largest absolute Gasteiger partial charge is 0.497 e. The number of methoxy groups -OCH3 is 2. The third kappa shape index (κ3) is 20.1. The highest BCUT2D eigenvalue weighted by Crippen LogP contribution is 2.32. The minimum absolute atomic E-state index is 0.0680. The molecule has 18 aromatic rings. The van der Waals surface area contributed by atoms with Crippen molar-refractivity contribution in [3.63, 3.8) is 0 Å². The van der Waals surface area contributed by atoms with Gasteiger partial charge in [-0.05, 0) is 142 Å². The number of aromatic nitrogens is 15. The molecule has 0 amide bonds. The Kier molecular flexibility index (Phi) is 25.8. The molecule has 5 aliphatic rings. The number of fused-ring (bicyclic) bond motifs is 8. The van der Waals surface area contributed by atoms with Crippen molar-refractivity contribution < 1.29 is 18.3 Å². The zero-order valence-corrected chi connectivity index (χ0v) is 76.5. The van der Waals surface area contributed by atoms with Crippen LogP contribution >= 0.6 is 11.3 Å². The zero-order valence-electron chi connectivity index (χ0n) is 75.7. The second-order valence-electron chi connectivity index (χ2n) is 34.1. The summed E-state index contributed by atoms with van der Waals surface area (Å²) in [6.45, 7) is 23.0. The molecule has 0 saturated carbocycles. The number of thiazole rings is 1. The smallest absolute Gasteiger partial charge is 0.258 e. The third-order valence-electron chi connectivity index (χ3n) is 24.6. The topological polar surface area (TPSA) is 315 Å². The summed E-state index contributed by atoms with van der Waals surface area (Å²) in [4.78, 5) is 103. The fourth-order valence-electron chi connectivity index (χ4n) is 17.7. The second-order valence-corrected chi connectivity index (χ2v) is 35.4. The molecule has 0 bridgehead atoms. The molecular weight excluding hydrogens is 1730 g/mol. The highest BCUT2D eigenvalue weighted by atomic mass is 32.1. The van der Waals surface area contributed by atoms with Crippen LogP contribution in [0.25, 0.3) is 117 Å². The van der Waals surface area contributed by atoms with Gasteiger partial charge in [-0.1, -0.05) is 18.2 Å². The van der Waals surface area contributed by atoms with Crippen molar-refractivity contribution in [1.82, 2.24) is 98.1 Å². The summed E-state index contributed by atoms with van der Waals surface area (Å²) >= 11 is 1.67. The van der Waals surface area contributed by atoms with Gasteiger partial charge in [0.05, 0.1) is 97.4 Å². The number of nitrogens with zero attached hydrogens (tertiary/aromatic N) is 20. The predicted octanol–water partition coefficient (Wildman–Crippen LogP) is 10.6. The number of ether oxygens (including phenoxy) is 2. The molecule has 688 valence electrons. The Labute approximate surface area is 777 Å². The van der Waals surface area contributed by atoms with Crippen molar-refractivity contribution >= 4 is 100 Å². The van der Waals surface area contributed by atoms with E-state index < -0.39 is 11.6 Å². The number of hydrogen-bond acceptors (Lipinski definition) is 26. The number of anilines is 5. The molecule has 5 saturated heterocycles. The molecular formula is C100H101F2N25O7S. The molecule has 135 heavy (non-hydrogen) atoms. The number of aryl methyl sites for hydroxylation is 3. The van der Waals surface area contributed by atoms with Crippen LogP contribution in [-0.4, -0.2) is 216 Å². The van der Waals surface area contributed by atoms with Gasteiger partial charge < -0.3 is 60.6 Å². The molecule has 13 aromatic heterocycles. The first-order valence-electron chi connectivity index (χ1n) is 45.0. The minimum atomic E-state index is -0.436. The van der Waals surface area contributed by atoms with E-state index in [-0.39, 0.29) is 27.8 Å². The summed E-state index contributed by atoms with van der Waals surface area (Å²) in [5.41, 5.74) is 17.0. The van der Waals surface area contributed by atoms with Crippen molar-refractivity contribution in [2.24, 2.45) is 14.1 Å². The fourth-order valence-corrected chi connectivity index (χ4v) is 18.5. The minimum Gasteiger partial charge on any atom is -0.497 e. The van der Waals surface area contributed by atoms with Gasteiger partial charge in [0, 0.05) is 268 Å². The average molecular weight is 1840 g/mol. The maximum Gasteiger partial charge on any atom is 0.258 e. The van der Waals surface area contributed by atoms with Crippen LogP contribution in [0.5, 0.6) is 11.5 Å². The van der Waals surface area contributed by atoms with E-state index in [9.17, 15) is 32.8 Å². The molecule has 5 aromatic carbocycles. The molecule has 5 fully saturated rings. The molecule has 18 heterocycles. The van der Waals surface area contributed by atoms with Crippen LogP contribution in [0.4, 0.5) is 37.2 Å². The van der Waals surface area contributed by atoms with Crippen molar-refractivity contribution in [1.29, 1.82) is 0 Å². The third-order valence-corrected chi connectivity index (χ3v) is 25.5. The van der Waals surface area contributed by atoms with Gasteiger partial charge in [0.2, 0.25) is 0 Å². The average Bonchev–Trinajstić information content (AvgIpc) is 1.74. The Morgan fingerprint density at radius 1 is 0.333 bits per heavy atom. The first-order valence-corrected chi connectivity index (χ1v) is 45.9. The Bertz CT molecular complexity index is 7640. The van der Waals surface area contributed by atoms with Crippen molar-refractivity contribution in [2.45, 2.75) is 32.9 Å². The van der Waals surface area contributed by atoms with Crippen LogP contribution in [0.2, 0.25) is 0 Å². The molecule has 5 N–H and O–H groups in total. The van der Waals surface area contributed by atoms with Crippen LogP contribution < -0.4 is 88.4 Å². The zero-order chi connectivity index (χ0) is 93.1. The maximum absolute atomic E-state index is 13.8. The molecule has 0 unspecified atom stereocenters. The van der Waals surface area contributed by atoms with Crippen LogP contribution in [0.3, 0.4) is 0 Å². The van der Waals surface area contributed by atoms with E-state index in [0.29, 0.717) is 91.4 Å². The van der Waals surface area contributed by atoms with Gasteiger partial charge in [-0.15, -0.1) is 11.3 Å². The van der Waals surface area contributed by atoms with Gasteiger partial charge in [0.1, 0.15) is 51.4 Å². The lowest BCUT2D eigenvalue weighted by Crippen LogP contribution is -2.49. The molecule has 32 nitrogen and oxygen atoms in total. The number of piperazine rings is 5. The van der Waals surface area contributed by atoms with Gasteiger partial charge >= 0.3 is 0 Å². The summed E-state index contributed by atoms with van der Waals surface area (Å²) in [6.07, 6.45) is 13.2. The van der Waals surface area contributed by atoms with Crippen molar-refractivity contribution in [3.05, 3.63) is 294 Å². The fraction of sp³-hybridized carbons (Fsp3) is 0.270. The highest BCUT2D eigenvalue weighted by molar-refractivity contribution is 7.18. The number of benzene rings is 5. The molecule has 2 atom stereocenters. The predicted molar refractivity (Wildman–Crippen MR) is 529 cm³/mol. The monoisotopic (exact) mass is 1830 g/mol. The molecule has 5 aliphatic heterocycles. The summed E-state index contributed by atoms with van der Waals surface area (Å²) in [5.74, 6) is -0.101.